The van der Waals surface area contributed by atoms with Crippen molar-refractivity contribution in [3.63, 3.8) is 0 Å². The molecule has 1 N–H and O–H groups in total. The smallest absolute Gasteiger partial charge is 0.161 e. The SMILES string of the molecule is CCc1c(-c2ccc(OC)c(OC)c2)[nH]c2ccc(C3CCN(C4CCN(Cc5c(C)noc5C)CC4)CC3)cc12. The highest BCUT2D eigenvalue weighted by Crippen LogP contribution is 2.38. The van der Waals surface area contributed by atoms with E-state index in [9.17, 15) is 0 Å². The summed E-state index contributed by atoms with van der Waals surface area (Å²) in [6.07, 6.45) is 5.95. The summed E-state index contributed by atoms with van der Waals surface area (Å²) in [5, 5.41) is 5.48. The molecule has 0 bridgehead atoms. The maximum atomic E-state index is 5.58. The molecule has 4 aromatic rings. The van der Waals surface area contributed by atoms with Crippen LogP contribution in [0.3, 0.4) is 0 Å². The fourth-order valence-corrected chi connectivity index (χ4v) is 7.12. The summed E-state index contributed by atoms with van der Waals surface area (Å²) in [7, 11) is 3.37. The lowest BCUT2D eigenvalue weighted by Crippen LogP contribution is -2.47. The molecule has 0 amide bonds. The molecule has 2 aliphatic heterocycles. The van der Waals surface area contributed by atoms with Gasteiger partial charge in [-0.15, -0.1) is 0 Å². The molecule has 41 heavy (non-hydrogen) atoms. The zero-order valence-corrected chi connectivity index (χ0v) is 25.3. The molecule has 0 atom stereocenters. The normalized spacial score (nSPS) is 17.9. The van der Waals surface area contributed by atoms with E-state index < -0.39 is 0 Å². The summed E-state index contributed by atoms with van der Waals surface area (Å²) in [6, 6.07) is 14.0. The molecule has 0 unspecified atom stereocenters. The maximum absolute atomic E-state index is 5.58. The first-order valence-electron chi connectivity index (χ1n) is 15.2. The van der Waals surface area contributed by atoms with Crippen LogP contribution in [0.2, 0.25) is 0 Å². The number of H-pyrrole nitrogens is 1. The Morgan fingerprint density at radius 2 is 1.66 bits per heavy atom. The monoisotopic (exact) mass is 556 g/mol. The summed E-state index contributed by atoms with van der Waals surface area (Å²) in [5.74, 6) is 3.10. The molecule has 6 rings (SSSR count). The predicted molar refractivity (Wildman–Crippen MR) is 164 cm³/mol. The minimum Gasteiger partial charge on any atom is -0.493 e. The number of likely N-dealkylation sites (tertiary alicyclic amines) is 2. The third-order valence-corrected chi connectivity index (χ3v) is 9.59. The molecule has 7 heteroatoms. The van der Waals surface area contributed by atoms with E-state index in [4.69, 9.17) is 14.0 Å². The standard InChI is InChI=1S/C34H44N4O3/c1-6-28-29-19-25(7-9-31(29)35-34(28)26-8-10-32(39-4)33(20-26)40-5)24-11-17-38(18-12-24)27-13-15-37(16-14-27)21-30-22(2)36-41-23(30)3/h7-10,19-20,24,27,35H,6,11-18,21H2,1-5H3. The molecule has 2 aromatic carbocycles. The van der Waals surface area contributed by atoms with Crippen molar-refractivity contribution >= 4 is 10.9 Å². The highest BCUT2D eigenvalue weighted by atomic mass is 16.5. The maximum Gasteiger partial charge on any atom is 0.161 e. The second kappa shape index (κ2) is 11.9. The summed E-state index contributed by atoms with van der Waals surface area (Å²) < 4.78 is 16.4. The van der Waals surface area contributed by atoms with Crippen LogP contribution in [0.25, 0.3) is 22.2 Å². The zero-order valence-electron chi connectivity index (χ0n) is 25.3. The molecule has 0 spiro atoms. The number of aromatic nitrogens is 2. The van der Waals surface area contributed by atoms with Gasteiger partial charge in [0, 0.05) is 40.3 Å². The van der Waals surface area contributed by atoms with Gasteiger partial charge in [-0.05, 0) is 120 Å². The first kappa shape index (κ1) is 27.9. The number of benzene rings is 2. The van der Waals surface area contributed by atoms with Crippen LogP contribution in [-0.4, -0.2) is 66.4 Å². The van der Waals surface area contributed by atoms with Crippen LogP contribution >= 0.6 is 0 Å². The summed E-state index contributed by atoms with van der Waals surface area (Å²) in [4.78, 5) is 9.05. The minimum atomic E-state index is 0.624. The van der Waals surface area contributed by atoms with Crippen LogP contribution < -0.4 is 9.47 Å². The first-order chi connectivity index (χ1) is 20.0. The lowest BCUT2D eigenvalue weighted by molar-refractivity contribution is 0.0843. The van der Waals surface area contributed by atoms with Gasteiger partial charge in [0.2, 0.25) is 0 Å². The third-order valence-electron chi connectivity index (χ3n) is 9.59. The highest BCUT2D eigenvalue weighted by Gasteiger charge is 2.29. The number of aryl methyl sites for hydroxylation is 3. The quantitative estimate of drug-likeness (QED) is 0.256. The number of hydrogen-bond donors (Lipinski definition) is 1. The number of methoxy groups -OCH3 is 2. The molecule has 0 radical (unpaired) electrons. The number of hydrogen-bond acceptors (Lipinski definition) is 6. The van der Waals surface area contributed by atoms with Crippen molar-refractivity contribution in [1.82, 2.24) is 19.9 Å². The first-order valence-corrected chi connectivity index (χ1v) is 15.2. The third kappa shape index (κ3) is 5.50. The molecular formula is C34H44N4O3. The summed E-state index contributed by atoms with van der Waals surface area (Å²) in [5.41, 5.74) is 8.67. The van der Waals surface area contributed by atoms with Gasteiger partial charge in [0.05, 0.1) is 19.9 Å². The van der Waals surface area contributed by atoms with Crippen LogP contribution in [0.1, 0.15) is 66.7 Å². The molecule has 4 heterocycles. The van der Waals surface area contributed by atoms with E-state index in [-0.39, 0.29) is 0 Å². The minimum absolute atomic E-state index is 0.624. The van der Waals surface area contributed by atoms with Crippen LogP contribution in [0.5, 0.6) is 11.5 Å². The van der Waals surface area contributed by atoms with Crippen LogP contribution in [-0.2, 0) is 13.0 Å². The highest BCUT2D eigenvalue weighted by molar-refractivity contribution is 5.91. The van der Waals surface area contributed by atoms with Gasteiger partial charge in [-0.3, -0.25) is 4.90 Å². The number of ether oxygens (including phenoxy) is 2. The number of nitrogens with one attached hydrogen (secondary N) is 1. The van der Waals surface area contributed by atoms with Gasteiger partial charge in [-0.1, -0.05) is 18.1 Å². The van der Waals surface area contributed by atoms with Crippen molar-refractivity contribution < 1.29 is 14.0 Å². The van der Waals surface area contributed by atoms with Crippen molar-refractivity contribution in [2.75, 3.05) is 40.4 Å². The van der Waals surface area contributed by atoms with Crippen molar-refractivity contribution in [2.24, 2.45) is 0 Å². The number of nitrogens with zero attached hydrogens (tertiary/aromatic N) is 3. The zero-order chi connectivity index (χ0) is 28.5. The molecule has 0 saturated carbocycles. The van der Waals surface area contributed by atoms with Gasteiger partial charge in [0.15, 0.2) is 11.5 Å². The van der Waals surface area contributed by atoms with Crippen molar-refractivity contribution in [3.05, 3.63) is 64.5 Å². The van der Waals surface area contributed by atoms with Crippen molar-refractivity contribution in [2.45, 2.75) is 71.4 Å². The summed E-state index contributed by atoms with van der Waals surface area (Å²) in [6.45, 7) is 12.0. The van der Waals surface area contributed by atoms with Gasteiger partial charge in [0.25, 0.3) is 0 Å². The number of fused-ring (bicyclic) bond motifs is 1. The Kier molecular flexibility index (Phi) is 8.09. The van der Waals surface area contributed by atoms with E-state index in [1.165, 1.54) is 72.1 Å². The lowest BCUT2D eigenvalue weighted by Gasteiger charge is -2.42. The Labute approximate surface area is 243 Å². The molecular weight excluding hydrogens is 512 g/mol. The molecule has 7 nitrogen and oxygen atoms in total. The van der Waals surface area contributed by atoms with Crippen LogP contribution in [0.15, 0.2) is 40.9 Å². The Balaban J connectivity index is 1.10. The van der Waals surface area contributed by atoms with E-state index in [0.717, 1.165) is 54.6 Å². The van der Waals surface area contributed by atoms with Crippen LogP contribution in [0, 0.1) is 13.8 Å². The Bertz CT molecular complexity index is 1470. The Morgan fingerprint density at radius 3 is 2.32 bits per heavy atom. The van der Waals surface area contributed by atoms with E-state index >= 15 is 0 Å². The predicted octanol–water partition coefficient (Wildman–Crippen LogP) is 6.86. The van der Waals surface area contributed by atoms with Crippen LogP contribution in [0.4, 0.5) is 0 Å². The average Bonchev–Trinajstić information content (AvgIpc) is 3.55. The largest absolute Gasteiger partial charge is 0.493 e. The van der Waals surface area contributed by atoms with Crippen molar-refractivity contribution in [3.8, 4) is 22.8 Å². The molecule has 2 aromatic heterocycles. The molecule has 2 aliphatic rings. The second-order valence-corrected chi connectivity index (χ2v) is 11.8. The fourth-order valence-electron chi connectivity index (χ4n) is 7.12. The topological polar surface area (TPSA) is 66.8 Å². The summed E-state index contributed by atoms with van der Waals surface area (Å²) >= 11 is 0. The van der Waals surface area contributed by atoms with Gasteiger partial charge >= 0.3 is 0 Å². The van der Waals surface area contributed by atoms with E-state index in [1.807, 2.05) is 13.0 Å². The lowest BCUT2D eigenvalue weighted by atomic mass is 9.87. The Hall–Kier alpha value is -3.29. The van der Waals surface area contributed by atoms with Gasteiger partial charge in [-0.2, -0.15) is 0 Å². The number of aromatic amines is 1. The van der Waals surface area contributed by atoms with E-state index in [2.05, 4.69) is 64.1 Å². The Morgan fingerprint density at radius 1 is 0.902 bits per heavy atom. The molecule has 218 valence electrons. The second-order valence-electron chi connectivity index (χ2n) is 11.8. The van der Waals surface area contributed by atoms with E-state index in [1.54, 1.807) is 14.2 Å². The number of rotatable bonds is 8. The van der Waals surface area contributed by atoms with Crippen molar-refractivity contribution in [1.29, 1.82) is 0 Å². The van der Waals surface area contributed by atoms with Gasteiger partial charge < -0.3 is 23.9 Å². The fraction of sp³-hybridized carbons (Fsp3) is 0.500. The number of piperidine rings is 2. The van der Waals surface area contributed by atoms with E-state index in [0.29, 0.717) is 12.0 Å². The van der Waals surface area contributed by atoms with Gasteiger partial charge in [0.1, 0.15) is 5.76 Å². The van der Waals surface area contributed by atoms with Gasteiger partial charge in [-0.25, -0.2) is 0 Å². The molecule has 0 aliphatic carbocycles. The molecule has 2 fully saturated rings. The average molecular weight is 557 g/mol. The molecule has 2 saturated heterocycles.